The molecule has 96 valence electrons. The molecule has 0 radical (unpaired) electrons. The van der Waals surface area contributed by atoms with Crippen molar-refractivity contribution < 1.29 is 4.79 Å². The zero-order valence-electron chi connectivity index (χ0n) is 10.7. The molecule has 0 spiro atoms. The highest BCUT2D eigenvalue weighted by Crippen LogP contribution is 2.13. The highest BCUT2D eigenvalue weighted by Gasteiger charge is 2.18. The van der Waals surface area contributed by atoms with E-state index in [9.17, 15) is 4.79 Å². The normalized spacial score (nSPS) is 11.7. The van der Waals surface area contributed by atoms with Crippen LogP contribution in [-0.2, 0) is 0 Å². The van der Waals surface area contributed by atoms with Gasteiger partial charge in [0.05, 0.1) is 17.3 Å². The van der Waals surface area contributed by atoms with E-state index in [-0.39, 0.29) is 11.3 Å². The van der Waals surface area contributed by atoms with Gasteiger partial charge in [-0.15, -0.1) is 0 Å². The summed E-state index contributed by atoms with van der Waals surface area (Å²) in [4.78, 5) is 12.1. The molecule has 3 N–H and O–H groups in total. The molecule has 0 saturated heterocycles. The van der Waals surface area contributed by atoms with Crippen LogP contribution < -0.4 is 11.1 Å². The van der Waals surface area contributed by atoms with Crippen molar-refractivity contribution in [3.8, 4) is 0 Å². The molecule has 2 heterocycles. The van der Waals surface area contributed by atoms with Gasteiger partial charge >= 0.3 is 0 Å². The van der Waals surface area contributed by atoms with Crippen molar-refractivity contribution >= 4 is 11.4 Å². The molecule has 1 amide bonds. The Kier molecular flexibility index (Phi) is 3.34. The fourth-order valence-corrected chi connectivity index (χ4v) is 1.60. The first-order chi connectivity index (χ1) is 8.53. The molecule has 2 rings (SSSR count). The minimum Gasteiger partial charge on any atom is -0.351 e. The Labute approximate surface area is 106 Å². The number of aromatic nitrogens is 2. The van der Waals surface area contributed by atoms with Gasteiger partial charge in [0.1, 0.15) is 0 Å². The minimum atomic E-state index is -0.113. The number of nitrogens with two attached hydrogens (primary N) is 1. The number of carbonyl (C=O) groups is 1. The van der Waals surface area contributed by atoms with Gasteiger partial charge in [0.15, 0.2) is 0 Å². The van der Waals surface area contributed by atoms with Crippen LogP contribution in [-0.4, -0.2) is 28.6 Å². The molecule has 18 heavy (non-hydrogen) atoms. The average Bonchev–Trinajstić information content (AvgIpc) is 2.80. The topological polar surface area (TPSA) is 72.4 Å². The second-order valence-corrected chi connectivity index (χ2v) is 5.14. The van der Waals surface area contributed by atoms with Gasteiger partial charge in [-0.05, 0) is 24.1 Å². The van der Waals surface area contributed by atoms with Crippen LogP contribution >= 0.6 is 0 Å². The number of hydrogen-bond acceptors (Lipinski definition) is 3. The third kappa shape index (κ3) is 2.51. The lowest BCUT2D eigenvalue weighted by atomic mass is 9.94. The SMILES string of the molecule is CC(C)(CN)CNC(=O)c1cnn2ccccc12. The zero-order valence-corrected chi connectivity index (χ0v) is 10.7. The molecule has 5 nitrogen and oxygen atoms in total. The molecule has 0 aliphatic heterocycles. The summed E-state index contributed by atoms with van der Waals surface area (Å²) in [5.41, 5.74) is 6.93. The van der Waals surface area contributed by atoms with Crippen LogP contribution in [0.2, 0.25) is 0 Å². The Hall–Kier alpha value is -1.88. The van der Waals surface area contributed by atoms with Crippen molar-refractivity contribution in [1.82, 2.24) is 14.9 Å². The maximum atomic E-state index is 12.1. The van der Waals surface area contributed by atoms with Crippen molar-refractivity contribution in [2.24, 2.45) is 11.1 Å². The Morgan fingerprint density at radius 1 is 1.50 bits per heavy atom. The van der Waals surface area contributed by atoms with Crippen LogP contribution in [0.4, 0.5) is 0 Å². The lowest BCUT2D eigenvalue weighted by Gasteiger charge is -2.22. The molecular weight excluding hydrogens is 228 g/mol. The number of carbonyl (C=O) groups excluding carboxylic acids is 1. The monoisotopic (exact) mass is 246 g/mol. The van der Waals surface area contributed by atoms with E-state index < -0.39 is 0 Å². The Morgan fingerprint density at radius 2 is 2.28 bits per heavy atom. The minimum absolute atomic E-state index is 0.0986. The first-order valence-electron chi connectivity index (χ1n) is 5.94. The largest absolute Gasteiger partial charge is 0.351 e. The van der Waals surface area contributed by atoms with Crippen LogP contribution in [0.1, 0.15) is 24.2 Å². The predicted octanol–water partition coefficient (Wildman–Crippen LogP) is 1.05. The highest BCUT2D eigenvalue weighted by molar-refractivity contribution is 6.00. The maximum Gasteiger partial charge on any atom is 0.255 e. The van der Waals surface area contributed by atoms with Crippen LogP contribution in [0.5, 0.6) is 0 Å². The number of nitrogens with zero attached hydrogens (tertiary/aromatic N) is 2. The first kappa shape index (κ1) is 12.6. The number of amides is 1. The number of pyridine rings is 1. The molecule has 0 aliphatic carbocycles. The molecule has 0 fully saturated rings. The van der Waals surface area contributed by atoms with Gasteiger partial charge < -0.3 is 11.1 Å². The summed E-state index contributed by atoms with van der Waals surface area (Å²) < 4.78 is 1.68. The van der Waals surface area contributed by atoms with E-state index >= 15 is 0 Å². The molecule has 5 heteroatoms. The maximum absolute atomic E-state index is 12.1. The zero-order chi connectivity index (χ0) is 13.2. The predicted molar refractivity (Wildman–Crippen MR) is 70.4 cm³/mol. The van der Waals surface area contributed by atoms with Gasteiger partial charge in [-0.3, -0.25) is 4.79 Å². The summed E-state index contributed by atoms with van der Waals surface area (Å²) in [6, 6.07) is 5.63. The summed E-state index contributed by atoms with van der Waals surface area (Å²) in [5, 5.41) is 7.03. The van der Waals surface area contributed by atoms with Gasteiger partial charge in [0.2, 0.25) is 0 Å². The highest BCUT2D eigenvalue weighted by atomic mass is 16.1. The van der Waals surface area contributed by atoms with Crippen LogP contribution in [0, 0.1) is 5.41 Å². The van der Waals surface area contributed by atoms with Crippen LogP contribution in [0.3, 0.4) is 0 Å². The van der Waals surface area contributed by atoms with Gasteiger partial charge in [0, 0.05) is 12.7 Å². The summed E-state index contributed by atoms with van der Waals surface area (Å²) in [6.07, 6.45) is 3.40. The van der Waals surface area contributed by atoms with Crippen molar-refractivity contribution in [2.75, 3.05) is 13.1 Å². The van der Waals surface area contributed by atoms with Gasteiger partial charge in [-0.1, -0.05) is 19.9 Å². The van der Waals surface area contributed by atoms with E-state index in [1.54, 1.807) is 10.7 Å². The van der Waals surface area contributed by atoms with E-state index in [1.807, 2.05) is 38.2 Å². The second-order valence-electron chi connectivity index (χ2n) is 5.14. The number of hydrogen-bond donors (Lipinski definition) is 2. The van der Waals surface area contributed by atoms with Crippen molar-refractivity contribution in [1.29, 1.82) is 0 Å². The average molecular weight is 246 g/mol. The quantitative estimate of drug-likeness (QED) is 0.847. The molecule has 0 bridgehead atoms. The van der Waals surface area contributed by atoms with Crippen molar-refractivity contribution in [3.63, 3.8) is 0 Å². The molecule has 2 aromatic heterocycles. The number of rotatable bonds is 4. The van der Waals surface area contributed by atoms with E-state index in [2.05, 4.69) is 10.4 Å². The van der Waals surface area contributed by atoms with Gasteiger partial charge in [0.25, 0.3) is 5.91 Å². The first-order valence-corrected chi connectivity index (χ1v) is 5.94. The number of nitrogens with one attached hydrogen (secondary N) is 1. The smallest absolute Gasteiger partial charge is 0.255 e. The van der Waals surface area contributed by atoms with Crippen LogP contribution in [0.15, 0.2) is 30.6 Å². The van der Waals surface area contributed by atoms with E-state index in [4.69, 9.17) is 5.73 Å². The van der Waals surface area contributed by atoms with E-state index in [0.717, 1.165) is 5.52 Å². The summed E-state index contributed by atoms with van der Waals surface area (Å²) in [7, 11) is 0. The molecule has 2 aromatic rings. The molecule has 0 aromatic carbocycles. The lowest BCUT2D eigenvalue weighted by Crippen LogP contribution is -2.38. The number of fused-ring (bicyclic) bond motifs is 1. The van der Waals surface area contributed by atoms with Crippen LogP contribution in [0.25, 0.3) is 5.52 Å². The Balaban J connectivity index is 2.14. The lowest BCUT2D eigenvalue weighted by molar-refractivity contribution is 0.0939. The molecule has 0 unspecified atom stereocenters. The molecule has 0 atom stereocenters. The fourth-order valence-electron chi connectivity index (χ4n) is 1.60. The standard InChI is InChI=1S/C13H18N4O/c1-13(2,8-14)9-15-12(18)10-7-16-17-6-4-3-5-11(10)17/h3-7H,8-9,14H2,1-2H3,(H,15,18). The van der Waals surface area contributed by atoms with Crippen molar-refractivity contribution in [2.45, 2.75) is 13.8 Å². The third-order valence-corrected chi connectivity index (χ3v) is 2.95. The summed E-state index contributed by atoms with van der Waals surface area (Å²) in [6.45, 7) is 5.11. The molecular formula is C13H18N4O. The summed E-state index contributed by atoms with van der Waals surface area (Å²) >= 11 is 0. The van der Waals surface area contributed by atoms with E-state index in [1.165, 1.54) is 0 Å². The third-order valence-electron chi connectivity index (χ3n) is 2.95. The van der Waals surface area contributed by atoms with Gasteiger partial charge in [-0.2, -0.15) is 5.10 Å². The Bertz CT molecular complexity index is 559. The molecule has 0 saturated carbocycles. The van der Waals surface area contributed by atoms with Crippen molar-refractivity contribution in [3.05, 3.63) is 36.2 Å². The second kappa shape index (κ2) is 4.78. The van der Waals surface area contributed by atoms with Gasteiger partial charge in [-0.25, -0.2) is 4.52 Å². The summed E-state index contributed by atoms with van der Waals surface area (Å²) in [5.74, 6) is -0.113. The Morgan fingerprint density at radius 3 is 3.00 bits per heavy atom. The fraction of sp³-hybridized carbons (Fsp3) is 0.385. The molecule has 0 aliphatic rings. The van der Waals surface area contributed by atoms with E-state index in [0.29, 0.717) is 18.7 Å².